The van der Waals surface area contributed by atoms with Crippen LogP contribution in [0.5, 0.6) is 0 Å². The van der Waals surface area contributed by atoms with Crippen LogP contribution in [0.15, 0.2) is 23.8 Å². The molecule has 0 radical (unpaired) electrons. The first-order valence-electron chi connectivity index (χ1n) is 6.35. The first-order chi connectivity index (χ1) is 8.28. The third kappa shape index (κ3) is 1.22. The smallest absolute Gasteiger partial charge is 0.332 e. The van der Waals surface area contributed by atoms with E-state index in [4.69, 9.17) is 9.57 Å². The van der Waals surface area contributed by atoms with Crippen molar-refractivity contribution in [2.24, 2.45) is 0 Å². The topological polar surface area (TPSA) is 38.8 Å². The molecule has 0 aromatic carbocycles. The Morgan fingerprint density at radius 3 is 3.29 bits per heavy atom. The number of rotatable bonds is 0. The predicted octanol–water partition coefficient (Wildman–Crippen LogP) is 1.34. The van der Waals surface area contributed by atoms with Gasteiger partial charge in [-0.2, -0.15) is 5.06 Å². The molecule has 0 unspecified atom stereocenters. The molecule has 2 bridgehead atoms. The van der Waals surface area contributed by atoms with Gasteiger partial charge in [0.2, 0.25) is 0 Å². The van der Waals surface area contributed by atoms with Crippen molar-refractivity contribution in [3.63, 3.8) is 0 Å². The van der Waals surface area contributed by atoms with E-state index in [0.717, 1.165) is 31.4 Å². The van der Waals surface area contributed by atoms with Gasteiger partial charge in [-0.15, -0.1) is 0 Å². The maximum atomic E-state index is 11.6. The summed E-state index contributed by atoms with van der Waals surface area (Å²) in [5.74, 6) is -0.197. The van der Waals surface area contributed by atoms with Gasteiger partial charge in [-0.1, -0.05) is 18.6 Å². The molecule has 3 heterocycles. The van der Waals surface area contributed by atoms with Crippen molar-refractivity contribution in [2.45, 2.75) is 43.4 Å². The Labute approximate surface area is 99.8 Å². The predicted molar refractivity (Wildman–Crippen MR) is 59.9 cm³/mol. The second-order valence-electron chi connectivity index (χ2n) is 5.27. The van der Waals surface area contributed by atoms with E-state index in [0.29, 0.717) is 0 Å². The summed E-state index contributed by atoms with van der Waals surface area (Å²) in [6.07, 6.45) is 9.93. The van der Waals surface area contributed by atoms with Crippen molar-refractivity contribution in [3.05, 3.63) is 23.8 Å². The van der Waals surface area contributed by atoms with E-state index in [2.05, 4.69) is 0 Å². The molecule has 2 saturated heterocycles. The fourth-order valence-corrected chi connectivity index (χ4v) is 3.58. The summed E-state index contributed by atoms with van der Waals surface area (Å²) < 4.78 is 5.69. The van der Waals surface area contributed by atoms with Crippen LogP contribution in [0, 0.1) is 0 Å². The molecule has 90 valence electrons. The highest BCUT2D eigenvalue weighted by Gasteiger charge is 2.57. The fourth-order valence-electron chi connectivity index (χ4n) is 3.58. The van der Waals surface area contributed by atoms with Gasteiger partial charge in [0.05, 0.1) is 6.04 Å². The van der Waals surface area contributed by atoms with E-state index < -0.39 is 5.60 Å². The lowest BCUT2D eigenvalue weighted by molar-refractivity contribution is -0.291. The third-order valence-electron chi connectivity index (χ3n) is 4.30. The van der Waals surface area contributed by atoms with Gasteiger partial charge in [-0.05, 0) is 12.8 Å². The lowest BCUT2D eigenvalue weighted by atomic mass is 9.74. The highest BCUT2D eigenvalue weighted by Crippen LogP contribution is 2.48. The molecule has 0 amide bonds. The van der Waals surface area contributed by atoms with Crippen LogP contribution in [0.25, 0.3) is 0 Å². The average molecular weight is 233 g/mol. The van der Waals surface area contributed by atoms with Gasteiger partial charge < -0.3 is 4.74 Å². The molecule has 1 spiro atoms. The largest absolute Gasteiger partial charge is 0.449 e. The Morgan fingerprint density at radius 1 is 1.41 bits per heavy atom. The average Bonchev–Trinajstić information content (AvgIpc) is 2.65. The van der Waals surface area contributed by atoms with Gasteiger partial charge in [0.15, 0.2) is 5.60 Å². The molecule has 4 heteroatoms. The first kappa shape index (κ1) is 9.85. The molecule has 4 nitrogen and oxygen atoms in total. The van der Waals surface area contributed by atoms with Crippen LogP contribution in [0.2, 0.25) is 0 Å². The standard InChI is InChI=1S/C13H15NO3/c15-12-7-9-4-5-10-8-13(9,16-12)11-3-1-2-6-14(11)17-10/h4-5,7,10-11H,1-3,6,8H2/t10-,11-,13+/m1/s1. The summed E-state index contributed by atoms with van der Waals surface area (Å²) in [5, 5.41) is 2.05. The number of carbonyl (C=O) groups excluding carboxylic acids is 1. The summed E-state index contributed by atoms with van der Waals surface area (Å²) in [6.45, 7) is 0.946. The number of fused-ring (bicyclic) bond motifs is 2. The van der Waals surface area contributed by atoms with E-state index in [9.17, 15) is 4.79 Å². The molecule has 0 N–H and O–H groups in total. The number of piperidine rings is 1. The van der Waals surface area contributed by atoms with Gasteiger partial charge >= 0.3 is 5.97 Å². The quantitative estimate of drug-likeness (QED) is 0.592. The number of hydroxylamine groups is 2. The number of carbonyl (C=O) groups is 1. The molecule has 3 aliphatic heterocycles. The summed E-state index contributed by atoms with van der Waals surface area (Å²) in [4.78, 5) is 17.5. The molecule has 2 fully saturated rings. The van der Waals surface area contributed by atoms with Crippen molar-refractivity contribution < 1.29 is 14.4 Å². The van der Waals surface area contributed by atoms with E-state index in [1.54, 1.807) is 6.08 Å². The second-order valence-corrected chi connectivity index (χ2v) is 5.27. The zero-order chi connectivity index (χ0) is 11.5. The van der Waals surface area contributed by atoms with Gasteiger partial charge in [0.1, 0.15) is 6.10 Å². The Morgan fingerprint density at radius 2 is 2.35 bits per heavy atom. The van der Waals surface area contributed by atoms with E-state index in [-0.39, 0.29) is 18.1 Å². The van der Waals surface area contributed by atoms with Crippen molar-refractivity contribution >= 4 is 5.97 Å². The van der Waals surface area contributed by atoms with Crippen LogP contribution in [0.3, 0.4) is 0 Å². The zero-order valence-corrected chi connectivity index (χ0v) is 9.59. The Bertz CT molecular complexity index is 442. The van der Waals surface area contributed by atoms with Crippen LogP contribution < -0.4 is 0 Å². The van der Waals surface area contributed by atoms with E-state index in [1.165, 1.54) is 6.42 Å². The van der Waals surface area contributed by atoms with Crippen LogP contribution >= 0.6 is 0 Å². The first-order valence-corrected chi connectivity index (χ1v) is 6.35. The summed E-state index contributed by atoms with van der Waals surface area (Å²) in [6, 6.07) is 0.204. The van der Waals surface area contributed by atoms with E-state index in [1.807, 2.05) is 17.2 Å². The molecular weight excluding hydrogens is 218 g/mol. The minimum absolute atomic E-state index is 0.0624. The third-order valence-corrected chi connectivity index (χ3v) is 4.30. The lowest BCUT2D eigenvalue weighted by Gasteiger charge is -2.52. The number of hydrogen-bond acceptors (Lipinski definition) is 4. The Balaban J connectivity index is 1.81. The molecule has 17 heavy (non-hydrogen) atoms. The van der Waals surface area contributed by atoms with Crippen molar-refractivity contribution in [1.29, 1.82) is 0 Å². The number of nitrogens with zero attached hydrogens (tertiary/aromatic N) is 1. The maximum Gasteiger partial charge on any atom is 0.332 e. The van der Waals surface area contributed by atoms with Gasteiger partial charge in [-0.25, -0.2) is 4.79 Å². The van der Waals surface area contributed by atoms with Crippen LogP contribution in [0.4, 0.5) is 0 Å². The van der Waals surface area contributed by atoms with Gasteiger partial charge in [0, 0.05) is 24.6 Å². The lowest BCUT2D eigenvalue weighted by Crippen LogP contribution is -2.63. The van der Waals surface area contributed by atoms with Crippen molar-refractivity contribution in [2.75, 3.05) is 6.54 Å². The molecule has 3 atom stereocenters. The molecule has 0 aromatic rings. The normalized spacial score (nSPS) is 43.8. The molecular formula is C13H15NO3. The summed E-state index contributed by atoms with van der Waals surface area (Å²) >= 11 is 0. The van der Waals surface area contributed by atoms with Crippen molar-refractivity contribution in [1.82, 2.24) is 5.06 Å². The molecule has 0 saturated carbocycles. The SMILES string of the molecule is O=C1C=C2C=C[C@@H]3C[C@@]2(O1)[C@H]1CCCCN1O3. The van der Waals surface area contributed by atoms with Crippen LogP contribution in [-0.2, 0) is 14.4 Å². The highest BCUT2D eigenvalue weighted by molar-refractivity contribution is 5.88. The minimum Gasteiger partial charge on any atom is -0.449 e. The molecule has 4 aliphatic rings. The zero-order valence-electron chi connectivity index (χ0n) is 9.59. The van der Waals surface area contributed by atoms with Gasteiger partial charge in [0.25, 0.3) is 0 Å². The Hall–Kier alpha value is -1.13. The Kier molecular flexibility index (Phi) is 1.86. The summed E-state index contributed by atoms with van der Waals surface area (Å²) in [7, 11) is 0. The van der Waals surface area contributed by atoms with E-state index >= 15 is 0 Å². The van der Waals surface area contributed by atoms with Gasteiger partial charge in [-0.3, -0.25) is 4.84 Å². The highest BCUT2D eigenvalue weighted by atomic mass is 16.7. The molecule has 4 rings (SSSR count). The minimum atomic E-state index is -0.421. The number of esters is 1. The summed E-state index contributed by atoms with van der Waals surface area (Å²) in [5.41, 5.74) is 0.619. The second kappa shape index (κ2) is 3.21. The monoisotopic (exact) mass is 233 g/mol. The molecule has 0 aromatic heterocycles. The molecule has 1 aliphatic carbocycles. The van der Waals surface area contributed by atoms with Crippen LogP contribution in [-0.4, -0.2) is 35.3 Å². The van der Waals surface area contributed by atoms with Crippen molar-refractivity contribution in [3.8, 4) is 0 Å². The number of ether oxygens (including phenoxy) is 1. The number of hydrogen-bond donors (Lipinski definition) is 0. The van der Waals surface area contributed by atoms with Crippen LogP contribution in [0.1, 0.15) is 25.7 Å². The fraction of sp³-hybridized carbons (Fsp3) is 0.615. The maximum absolute atomic E-state index is 11.6.